The summed E-state index contributed by atoms with van der Waals surface area (Å²) in [5.74, 6) is 0.292. The van der Waals surface area contributed by atoms with Crippen LogP contribution in [0, 0.1) is 11.7 Å². The van der Waals surface area contributed by atoms with Crippen LogP contribution in [-0.2, 0) is 0 Å². The van der Waals surface area contributed by atoms with E-state index in [0.717, 1.165) is 32.2 Å². The first-order chi connectivity index (χ1) is 9.26. The van der Waals surface area contributed by atoms with Gasteiger partial charge in [-0.2, -0.15) is 4.98 Å². The van der Waals surface area contributed by atoms with Crippen molar-refractivity contribution in [3.8, 4) is 0 Å². The molecule has 0 spiro atoms. The zero-order valence-corrected chi connectivity index (χ0v) is 10.7. The van der Waals surface area contributed by atoms with Crippen LogP contribution in [0.15, 0.2) is 22.6 Å². The topological polar surface area (TPSA) is 64.1 Å². The molecule has 19 heavy (non-hydrogen) atoms. The molecule has 102 valence electrons. The van der Waals surface area contributed by atoms with Gasteiger partial charge in [0.15, 0.2) is 11.4 Å². The largest absolute Gasteiger partial charge is 0.423 e. The molecule has 1 heterocycles. The second kappa shape index (κ2) is 5.17. The molecule has 0 amide bonds. The minimum Gasteiger partial charge on any atom is -0.423 e. The molecule has 5 heteroatoms. The molecule has 3 rings (SSSR count). The van der Waals surface area contributed by atoms with Gasteiger partial charge in [-0.25, -0.2) is 4.39 Å². The van der Waals surface area contributed by atoms with Gasteiger partial charge in [0.05, 0.1) is 0 Å². The third-order valence-electron chi connectivity index (χ3n) is 3.88. The zero-order valence-electron chi connectivity index (χ0n) is 10.7. The molecule has 1 aliphatic carbocycles. The molecule has 3 N–H and O–H groups in total. The van der Waals surface area contributed by atoms with E-state index in [9.17, 15) is 4.39 Å². The molecule has 1 aliphatic rings. The van der Waals surface area contributed by atoms with Crippen molar-refractivity contribution >= 4 is 17.1 Å². The van der Waals surface area contributed by atoms with Crippen LogP contribution in [0.2, 0.25) is 0 Å². The Balaban J connectivity index is 1.70. The number of anilines is 1. The highest BCUT2D eigenvalue weighted by Crippen LogP contribution is 2.27. The second-order valence-corrected chi connectivity index (χ2v) is 5.20. The fraction of sp³-hybridized carbons (Fsp3) is 0.500. The molecule has 4 nitrogen and oxygen atoms in total. The summed E-state index contributed by atoms with van der Waals surface area (Å²) in [6.45, 7) is 0.765. The summed E-state index contributed by atoms with van der Waals surface area (Å²) in [5, 5.41) is 3.26. The molecular weight excluding hydrogens is 245 g/mol. The van der Waals surface area contributed by atoms with Gasteiger partial charge >= 0.3 is 0 Å². The number of halogens is 1. The Morgan fingerprint density at radius 2 is 2.11 bits per heavy atom. The van der Waals surface area contributed by atoms with Crippen LogP contribution in [0.1, 0.15) is 25.7 Å². The quantitative estimate of drug-likeness (QED) is 0.893. The average molecular weight is 263 g/mol. The first kappa shape index (κ1) is 12.4. The van der Waals surface area contributed by atoms with Gasteiger partial charge in [-0.3, -0.25) is 0 Å². The maximum Gasteiger partial charge on any atom is 0.296 e. The number of hydrogen-bond donors (Lipinski definition) is 2. The maximum atomic E-state index is 13.5. The first-order valence-corrected chi connectivity index (χ1v) is 6.78. The number of nitrogens with zero attached hydrogens (tertiary/aromatic N) is 1. The highest BCUT2D eigenvalue weighted by atomic mass is 19.1. The molecule has 0 saturated heterocycles. The fourth-order valence-corrected chi connectivity index (χ4v) is 2.69. The van der Waals surface area contributed by atoms with Crippen LogP contribution < -0.4 is 11.1 Å². The van der Waals surface area contributed by atoms with Crippen molar-refractivity contribution in [3.05, 3.63) is 24.0 Å². The number of nitrogens with two attached hydrogens (primary N) is 1. The molecule has 2 aromatic rings. The van der Waals surface area contributed by atoms with Crippen molar-refractivity contribution in [2.75, 3.05) is 11.9 Å². The van der Waals surface area contributed by atoms with E-state index in [-0.39, 0.29) is 5.82 Å². The molecule has 0 bridgehead atoms. The minimum absolute atomic E-state index is 0.292. The van der Waals surface area contributed by atoms with E-state index in [1.807, 2.05) is 0 Å². The molecule has 1 saturated carbocycles. The van der Waals surface area contributed by atoms with Gasteiger partial charge in [-0.05, 0) is 50.3 Å². The van der Waals surface area contributed by atoms with Gasteiger partial charge in [0.1, 0.15) is 5.52 Å². The predicted octanol–water partition coefficient (Wildman–Crippen LogP) is 2.90. The molecule has 0 atom stereocenters. The Bertz CT molecular complexity index is 561. The van der Waals surface area contributed by atoms with Crippen LogP contribution in [0.4, 0.5) is 10.4 Å². The number of fused-ring (bicyclic) bond motifs is 1. The highest BCUT2D eigenvalue weighted by molar-refractivity contribution is 5.74. The number of para-hydroxylation sites is 1. The minimum atomic E-state index is -0.346. The van der Waals surface area contributed by atoms with Gasteiger partial charge < -0.3 is 15.5 Å². The lowest BCUT2D eigenvalue weighted by Crippen LogP contribution is -2.29. The van der Waals surface area contributed by atoms with Crippen molar-refractivity contribution in [2.24, 2.45) is 11.7 Å². The normalized spacial score (nSPS) is 23.7. The second-order valence-electron chi connectivity index (χ2n) is 5.20. The molecule has 0 unspecified atom stereocenters. The third kappa shape index (κ3) is 2.56. The van der Waals surface area contributed by atoms with E-state index in [1.54, 1.807) is 12.1 Å². The summed E-state index contributed by atoms with van der Waals surface area (Å²) in [4.78, 5) is 4.17. The summed E-state index contributed by atoms with van der Waals surface area (Å²) in [7, 11) is 0. The summed E-state index contributed by atoms with van der Waals surface area (Å²) in [6, 6.07) is 5.50. The van der Waals surface area contributed by atoms with Gasteiger partial charge in [0.25, 0.3) is 6.01 Å². The number of rotatable bonds is 3. The van der Waals surface area contributed by atoms with Gasteiger partial charge in [-0.1, -0.05) is 6.07 Å². The third-order valence-corrected chi connectivity index (χ3v) is 3.88. The maximum absolute atomic E-state index is 13.5. The number of aromatic nitrogens is 1. The molecule has 1 fully saturated rings. The molecule has 0 aliphatic heterocycles. The lowest BCUT2D eigenvalue weighted by Gasteiger charge is -2.27. The van der Waals surface area contributed by atoms with E-state index in [1.165, 1.54) is 6.07 Å². The van der Waals surface area contributed by atoms with Crippen LogP contribution in [0.25, 0.3) is 11.1 Å². The Labute approximate surface area is 111 Å². The Morgan fingerprint density at radius 1 is 1.32 bits per heavy atom. The number of nitrogens with one attached hydrogen (secondary N) is 1. The smallest absolute Gasteiger partial charge is 0.296 e. The van der Waals surface area contributed by atoms with Crippen molar-refractivity contribution in [3.63, 3.8) is 0 Å². The van der Waals surface area contributed by atoms with Crippen molar-refractivity contribution in [1.82, 2.24) is 4.98 Å². The highest BCUT2D eigenvalue weighted by Gasteiger charge is 2.21. The van der Waals surface area contributed by atoms with Crippen molar-refractivity contribution in [2.45, 2.75) is 31.7 Å². The predicted molar refractivity (Wildman–Crippen MR) is 72.4 cm³/mol. The number of hydrogen-bond acceptors (Lipinski definition) is 4. The average Bonchev–Trinajstić information content (AvgIpc) is 2.84. The number of benzene rings is 1. The Kier molecular flexibility index (Phi) is 3.38. The van der Waals surface area contributed by atoms with Crippen molar-refractivity contribution < 1.29 is 8.81 Å². The van der Waals surface area contributed by atoms with Gasteiger partial charge in [0.2, 0.25) is 0 Å². The van der Waals surface area contributed by atoms with E-state index >= 15 is 0 Å². The lowest BCUT2D eigenvalue weighted by atomic mass is 9.86. The first-order valence-electron chi connectivity index (χ1n) is 6.78. The van der Waals surface area contributed by atoms with Crippen LogP contribution >= 0.6 is 0 Å². The summed E-state index contributed by atoms with van der Waals surface area (Å²) in [5.41, 5.74) is 6.45. The molecular formula is C14H18FN3O. The Hall–Kier alpha value is -1.62. The summed E-state index contributed by atoms with van der Waals surface area (Å²) >= 11 is 0. The summed E-state index contributed by atoms with van der Waals surface area (Å²) in [6.07, 6.45) is 4.37. The van der Waals surface area contributed by atoms with E-state index in [2.05, 4.69) is 10.3 Å². The van der Waals surface area contributed by atoms with E-state index in [0.29, 0.717) is 29.1 Å². The monoisotopic (exact) mass is 263 g/mol. The van der Waals surface area contributed by atoms with Crippen LogP contribution in [0.3, 0.4) is 0 Å². The zero-order chi connectivity index (χ0) is 13.2. The molecule has 1 aromatic carbocycles. The van der Waals surface area contributed by atoms with Crippen LogP contribution in [-0.4, -0.2) is 17.6 Å². The molecule has 1 aromatic heterocycles. The number of oxazole rings is 1. The SMILES string of the molecule is NCC1CCC(Nc2nc3c(F)cccc3o2)CC1. The molecule has 0 radical (unpaired) electrons. The van der Waals surface area contributed by atoms with Gasteiger partial charge in [0, 0.05) is 6.04 Å². The standard InChI is InChI=1S/C14H18FN3O/c15-11-2-1-3-12-13(11)18-14(19-12)17-10-6-4-9(8-16)5-7-10/h1-3,9-10H,4-8,16H2,(H,17,18). The van der Waals surface area contributed by atoms with E-state index < -0.39 is 0 Å². The van der Waals surface area contributed by atoms with Crippen LogP contribution in [0.5, 0.6) is 0 Å². The van der Waals surface area contributed by atoms with Gasteiger partial charge in [-0.15, -0.1) is 0 Å². The van der Waals surface area contributed by atoms with E-state index in [4.69, 9.17) is 10.2 Å². The van der Waals surface area contributed by atoms with Crippen molar-refractivity contribution in [1.29, 1.82) is 0 Å². The Morgan fingerprint density at radius 3 is 2.79 bits per heavy atom. The fourth-order valence-electron chi connectivity index (χ4n) is 2.69. The lowest BCUT2D eigenvalue weighted by molar-refractivity contribution is 0.341. The summed E-state index contributed by atoms with van der Waals surface area (Å²) < 4.78 is 19.0.